The highest BCUT2D eigenvalue weighted by molar-refractivity contribution is 5.87. The van der Waals surface area contributed by atoms with Crippen LogP contribution in [0, 0.1) is 40.4 Å². The maximum absolute atomic E-state index is 13.9. The number of likely N-dealkylation sites (tertiary alicyclic amines) is 2. The topological polar surface area (TPSA) is 149 Å². The van der Waals surface area contributed by atoms with Crippen LogP contribution in [-0.4, -0.2) is 78.9 Å². The molecule has 12 nitrogen and oxygen atoms in total. The molecule has 2 saturated carbocycles. The van der Waals surface area contributed by atoms with Crippen LogP contribution in [0.25, 0.3) is 33.5 Å². The molecule has 4 aliphatic rings. The molecule has 60 heavy (non-hydrogen) atoms. The molecule has 310 valence electrons. The summed E-state index contributed by atoms with van der Waals surface area (Å²) >= 11 is 0. The zero-order valence-electron chi connectivity index (χ0n) is 35.3. The van der Waals surface area contributed by atoms with Crippen molar-refractivity contribution >= 4 is 28.9 Å². The predicted octanol–water partition coefficient (Wildman–Crippen LogP) is 8.19. The number of imidazole rings is 2. The minimum Gasteiger partial charge on any atom is -0.453 e. The summed E-state index contributed by atoms with van der Waals surface area (Å²) in [4.78, 5) is 65.5. The first-order chi connectivity index (χ1) is 28.8. The Morgan fingerprint density at radius 3 is 1.95 bits per heavy atom. The van der Waals surface area contributed by atoms with Gasteiger partial charge in [-0.05, 0) is 104 Å². The average molecular weight is 807 g/mol. The molecule has 3 aromatic heterocycles. The van der Waals surface area contributed by atoms with Crippen molar-refractivity contribution < 1.29 is 19.1 Å². The van der Waals surface area contributed by atoms with E-state index in [0.717, 1.165) is 101 Å². The molecule has 12 heteroatoms. The van der Waals surface area contributed by atoms with E-state index in [1.807, 2.05) is 68.1 Å². The Morgan fingerprint density at radius 2 is 1.35 bits per heavy atom. The number of carbonyl (C=O) groups is 3. The lowest BCUT2D eigenvalue weighted by Crippen LogP contribution is -2.51. The largest absolute Gasteiger partial charge is 0.453 e. The van der Waals surface area contributed by atoms with Crippen LogP contribution in [0.2, 0.25) is 0 Å². The fraction of sp³-hybridized carbons (Fsp3) is 0.458. The average Bonchev–Trinajstić information content (AvgIpc) is 3.90. The van der Waals surface area contributed by atoms with Crippen molar-refractivity contribution in [2.75, 3.05) is 20.2 Å². The van der Waals surface area contributed by atoms with Crippen LogP contribution >= 0.6 is 0 Å². The molecule has 4 fully saturated rings. The van der Waals surface area contributed by atoms with Gasteiger partial charge in [-0.15, -0.1) is 0 Å². The van der Waals surface area contributed by atoms with Gasteiger partial charge in [-0.3, -0.25) is 14.6 Å². The quantitative estimate of drug-likeness (QED) is 0.127. The normalized spacial score (nSPS) is 20.7. The van der Waals surface area contributed by atoms with E-state index in [-0.39, 0.29) is 52.5 Å². The molecule has 0 unspecified atom stereocenters. The Labute approximate surface area is 351 Å². The number of rotatable bonds is 9. The first-order valence-electron chi connectivity index (χ1n) is 21.4. The van der Waals surface area contributed by atoms with Gasteiger partial charge in [0.25, 0.3) is 0 Å². The molecule has 2 spiro atoms. The third-order valence-electron chi connectivity index (χ3n) is 13.6. The number of fused-ring (bicyclic) bond motifs is 1. The summed E-state index contributed by atoms with van der Waals surface area (Å²) in [6, 6.07) is 17.1. The molecule has 2 aromatic carbocycles. The third kappa shape index (κ3) is 7.55. The number of alkyl carbamates (subject to hydrolysis) is 1. The number of nitrogens with zero attached hydrogens (tertiary/aromatic N) is 5. The molecule has 5 heterocycles. The van der Waals surface area contributed by atoms with Crippen LogP contribution in [0.15, 0.2) is 67.0 Å². The fourth-order valence-electron chi connectivity index (χ4n) is 9.17. The molecular formula is C48H54N8O4. The molecule has 9 rings (SSSR count). The Bertz CT molecular complexity index is 2500. The molecular weight excluding hydrogens is 753 g/mol. The number of pyridine rings is 1. The SMILES string of the molecule is COC(=O)N[C@H](C(=O)N1CC2(CC2)C[C@H]1c1nc2cc(C#Cc3ccc(-c4nc([C@@H]5CC6(CC6)CN5C(=O)[C@@H](C)C(C)C)[nH]c4-c4ccncc4)cc3)ccc2[nH]1)C(C)C. The summed E-state index contributed by atoms with van der Waals surface area (Å²) in [5.41, 5.74) is 7.39. The van der Waals surface area contributed by atoms with Gasteiger partial charge in [-0.1, -0.05) is 58.6 Å². The predicted molar refractivity (Wildman–Crippen MR) is 229 cm³/mol. The zero-order chi connectivity index (χ0) is 41.9. The number of hydrogen-bond acceptors (Lipinski definition) is 7. The van der Waals surface area contributed by atoms with Crippen molar-refractivity contribution in [3.05, 3.63) is 89.8 Å². The van der Waals surface area contributed by atoms with Crippen molar-refractivity contribution in [3.8, 4) is 34.4 Å². The van der Waals surface area contributed by atoms with Crippen molar-refractivity contribution in [3.63, 3.8) is 0 Å². The van der Waals surface area contributed by atoms with Gasteiger partial charge in [-0.25, -0.2) is 14.8 Å². The van der Waals surface area contributed by atoms with Gasteiger partial charge in [-0.2, -0.15) is 0 Å². The summed E-state index contributed by atoms with van der Waals surface area (Å²) in [6.07, 6.45) is 9.22. The number of hydrogen-bond donors (Lipinski definition) is 3. The molecule has 2 aliphatic heterocycles. The maximum atomic E-state index is 13.9. The van der Waals surface area contributed by atoms with Gasteiger partial charge >= 0.3 is 6.09 Å². The summed E-state index contributed by atoms with van der Waals surface area (Å²) < 4.78 is 4.83. The molecule has 2 aliphatic carbocycles. The summed E-state index contributed by atoms with van der Waals surface area (Å²) in [5.74, 6) is 8.45. The first-order valence-corrected chi connectivity index (χ1v) is 21.4. The Balaban J connectivity index is 0.957. The Kier molecular flexibility index (Phi) is 10.0. The smallest absolute Gasteiger partial charge is 0.407 e. The fourth-order valence-corrected chi connectivity index (χ4v) is 9.17. The van der Waals surface area contributed by atoms with E-state index in [2.05, 4.69) is 63.0 Å². The van der Waals surface area contributed by atoms with E-state index in [1.165, 1.54) is 7.11 Å². The summed E-state index contributed by atoms with van der Waals surface area (Å²) in [7, 11) is 1.31. The lowest BCUT2D eigenvalue weighted by Gasteiger charge is -2.30. The number of methoxy groups -OCH3 is 1. The monoisotopic (exact) mass is 806 g/mol. The highest BCUT2D eigenvalue weighted by Crippen LogP contribution is 2.59. The van der Waals surface area contributed by atoms with Crippen LogP contribution in [0.1, 0.15) is 108 Å². The number of aromatic nitrogens is 5. The molecule has 3 amide bonds. The van der Waals surface area contributed by atoms with Gasteiger partial charge in [0.2, 0.25) is 11.8 Å². The Hall–Kier alpha value is -5.96. The van der Waals surface area contributed by atoms with Crippen LogP contribution < -0.4 is 5.32 Å². The van der Waals surface area contributed by atoms with Crippen LogP contribution in [0.3, 0.4) is 0 Å². The van der Waals surface area contributed by atoms with E-state index in [9.17, 15) is 14.4 Å². The van der Waals surface area contributed by atoms with Gasteiger partial charge in [0, 0.05) is 53.7 Å². The van der Waals surface area contributed by atoms with Gasteiger partial charge in [0.05, 0.1) is 41.6 Å². The molecule has 0 radical (unpaired) electrons. The second-order valence-corrected chi connectivity index (χ2v) is 18.5. The number of aromatic amines is 2. The zero-order valence-corrected chi connectivity index (χ0v) is 35.3. The van der Waals surface area contributed by atoms with Crippen molar-refractivity contribution in [2.45, 2.75) is 91.3 Å². The maximum Gasteiger partial charge on any atom is 0.407 e. The lowest BCUT2D eigenvalue weighted by atomic mass is 9.96. The molecule has 2 saturated heterocycles. The molecule has 3 N–H and O–H groups in total. The van der Waals surface area contributed by atoms with Crippen molar-refractivity contribution in [1.29, 1.82) is 0 Å². The molecule has 0 bridgehead atoms. The Morgan fingerprint density at radius 1 is 0.750 bits per heavy atom. The minimum atomic E-state index is -0.692. The van der Waals surface area contributed by atoms with E-state index >= 15 is 0 Å². The number of nitrogens with one attached hydrogen (secondary N) is 3. The van der Waals surface area contributed by atoms with Crippen LogP contribution in [0.4, 0.5) is 4.79 Å². The van der Waals surface area contributed by atoms with Crippen LogP contribution in [0.5, 0.6) is 0 Å². The highest BCUT2D eigenvalue weighted by atomic mass is 16.5. The van der Waals surface area contributed by atoms with E-state index in [4.69, 9.17) is 14.7 Å². The highest BCUT2D eigenvalue weighted by Gasteiger charge is 2.56. The number of amides is 3. The molecule has 4 atom stereocenters. The standard InChI is InChI=1S/C48H54N8O4/c1-28(2)30(5)44(57)55-26-47(17-18-47)25-38(55)43-52-40(41(53-43)34-15-21-49-22-16-34)33-12-9-31(10-13-33)7-8-32-11-14-35-36(23-32)51-42(50-35)37-24-48(19-20-48)27-56(37)45(58)39(29(3)4)54-46(59)60-6/h9-16,21-23,28-30,37-39H,17-20,24-27H2,1-6H3,(H,50,51)(H,52,53)(H,54,59)/t30-,37-,38-,39-/m0/s1. The number of ether oxygens (including phenoxy) is 1. The van der Waals surface area contributed by atoms with E-state index in [0.29, 0.717) is 6.54 Å². The van der Waals surface area contributed by atoms with Crippen LogP contribution in [-0.2, 0) is 14.3 Å². The lowest BCUT2D eigenvalue weighted by molar-refractivity contribution is -0.137. The van der Waals surface area contributed by atoms with Gasteiger partial charge < -0.3 is 29.8 Å². The van der Waals surface area contributed by atoms with E-state index < -0.39 is 12.1 Å². The van der Waals surface area contributed by atoms with E-state index in [1.54, 1.807) is 12.4 Å². The second-order valence-electron chi connectivity index (χ2n) is 18.5. The number of benzene rings is 2. The molecule has 5 aromatic rings. The second kappa shape index (κ2) is 15.3. The third-order valence-corrected chi connectivity index (χ3v) is 13.6. The summed E-state index contributed by atoms with van der Waals surface area (Å²) in [6.45, 7) is 11.6. The van der Waals surface area contributed by atoms with Gasteiger partial charge in [0.15, 0.2) is 0 Å². The van der Waals surface area contributed by atoms with Gasteiger partial charge in [0.1, 0.15) is 17.7 Å². The van der Waals surface area contributed by atoms with Crippen molar-refractivity contribution in [1.82, 2.24) is 40.0 Å². The van der Waals surface area contributed by atoms with Crippen molar-refractivity contribution in [2.24, 2.45) is 28.6 Å². The summed E-state index contributed by atoms with van der Waals surface area (Å²) in [5, 5.41) is 2.75. The first kappa shape index (κ1) is 39.5. The minimum absolute atomic E-state index is 0.0558. The number of H-pyrrole nitrogens is 2. The number of carbonyl (C=O) groups excluding carboxylic acids is 3.